The quantitative estimate of drug-likeness (QED) is 0.562. The summed E-state index contributed by atoms with van der Waals surface area (Å²) in [6.45, 7) is 1.92. The van der Waals surface area contributed by atoms with E-state index in [1.807, 2.05) is 9.80 Å². The molecule has 1 aliphatic rings. The van der Waals surface area contributed by atoms with Crippen molar-refractivity contribution in [2.75, 3.05) is 31.1 Å². The predicted octanol–water partition coefficient (Wildman–Crippen LogP) is 2.47. The van der Waals surface area contributed by atoms with E-state index in [0.717, 1.165) is 0 Å². The number of carboxylic acids is 2. The van der Waals surface area contributed by atoms with E-state index < -0.39 is 23.8 Å². The second-order valence-electron chi connectivity index (χ2n) is 7.83. The van der Waals surface area contributed by atoms with E-state index in [1.54, 1.807) is 29.1 Å². The number of aliphatic carboxylic acids is 2. The third-order valence-electron chi connectivity index (χ3n) is 5.86. The van der Waals surface area contributed by atoms with E-state index in [1.165, 1.54) is 18.2 Å². The molecule has 4 rings (SSSR count). The Kier molecular flexibility index (Phi) is 6.24. The Balaban J connectivity index is 1.63. The molecule has 1 fully saturated rings. The van der Waals surface area contributed by atoms with Crippen LogP contribution in [0.2, 0.25) is 0 Å². The number of hydrogen-bond acceptors (Lipinski definition) is 6. The van der Waals surface area contributed by atoms with Crippen LogP contribution in [0.4, 0.5) is 10.2 Å². The highest BCUT2D eigenvalue weighted by Gasteiger charge is 2.33. The summed E-state index contributed by atoms with van der Waals surface area (Å²) in [6, 6.07) is 8.64. The molecule has 33 heavy (non-hydrogen) atoms. The molecule has 2 aromatic heterocycles. The SMILES string of the molecule is N#Cc1cccnc1N1CCN([C@@H](C(=O)O)c2cn(CCC(=O)O)c3cc(F)ccc23)CC1. The van der Waals surface area contributed by atoms with E-state index in [2.05, 4.69) is 11.1 Å². The zero-order valence-electron chi connectivity index (χ0n) is 17.7. The zero-order chi connectivity index (χ0) is 23.5. The number of carbonyl (C=O) groups is 2. The number of nitrogens with zero attached hydrogens (tertiary/aromatic N) is 5. The maximum Gasteiger partial charge on any atom is 0.325 e. The van der Waals surface area contributed by atoms with Crippen molar-refractivity contribution in [2.45, 2.75) is 19.0 Å². The van der Waals surface area contributed by atoms with Crippen LogP contribution in [0.15, 0.2) is 42.7 Å². The van der Waals surface area contributed by atoms with Crippen molar-refractivity contribution in [1.29, 1.82) is 5.26 Å². The molecule has 0 bridgehead atoms. The fourth-order valence-electron chi connectivity index (χ4n) is 4.33. The first-order chi connectivity index (χ1) is 15.9. The molecular weight excluding hydrogens is 429 g/mol. The lowest BCUT2D eigenvalue weighted by molar-refractivity contribution is -0.143. The van der Waals surface area contributed by atoms with Gasteiger partial charge in [-0.1, -0.05) is 0 Å². The summed E-state index contributed by atoms with van der Waals surface area (Å²) < 4.78 is 15.5. The molecule has 0 radical (unpaired) electrons. The summed E-state index contributed by atoms with van der Waals surface area (Å²) in [5.74, 6) is -1.94. The molecule has 2 N–H and O–H groups in total. The van der Waals surface area contributed by atoms with Crippen LogP contribution in [0.1, 0.15) is 23.6 Å². The molecule has 0 spiro atoms. The summed E-state index contributed by atoms with van der Waals surface area (Å²) in [5.41, 5.74) is 1.42. The number of benzene rings is 1. The van der Waals surface area contributed by atoms with Gasteiger partial charge in [-0.05, 0) is 30.3 Å². The van der Waals surface area contributed by atoms with Crippen LogP contribution < -0.4 is 4.90 Å². The van der Waals surface area contributed by atoms with Crippen molar-refractivity contribution in [1.82, 2.24) is 14.5 Å². The zero-order valence-corrected chi connectivity index (χ0v) is 17.7. The number of hydrogen-bond donors (Lipinski definition) is 2. The Labute approximate surface area is 188 Å². The Morgan fingerprint density at radius 1 is 1.18 bits per heavy atom. The van der Waals surface area contributed by atoms with Gasteiger partial charge in [0.2, 0.25) is 0 Å². The lowest BCUT2D eigenvalue weighted by Gasteiger charge is -2.38. The molecule has 1 saturated heterocycles. The Bertz CT molecular complexity index is 1240. The standard InChI is InChI=1S/C23H22FN5O4/c24-16-3-4-17-18(14-29(19(17)12-16)7-5-20(30)31)21(23(32)33)27-8-10-28(11-9-27)22-15(13-25)2-1-6-26-22/h1-4,6,12,14,21H,5,7-11H2,(H,30,31)(H,32,33)/t21-/m1/s1. The number of piperazine rings is 1. The number of carboxylic acid groups (broad SMARTS) is 2. The number of fused-ring (bicyclic) bond motifs is 1. The molecule has 10 heteroatoms. The maximum atomic E-state index is 13.9. The average molecular weight is 451 g/mol. The summed E-state index contributed by atoms with van der Waals surface area (Å²) in [5, 5.41) is 29.1. The van der Waals surface area contributed by atoms with Gasteiger partial charge in [-0.15, -0.1) is 0 Å². The van der Waals surface area contributed by atoms with Gasteiger partial charge < -0.3 is 19.7 Å². The second kappa shape index (κ2) is 9.26. The van der Waals surface area contributed by atoms with E-state index in [-0.39, 0.29) is 13.0 Å². The summed E-state index contributed by atoms with van der Waals surface area (Å²) >= 11 is 0. The minimum absolute atomic E-state index is 0.103. The third-order valence-corrected chi connectivity index (χ3v) is 5.86. The van der Waals surface area contributed by atoms with Crippen molar-refractivity contribution in [3.8, 4) is 6.07 Å². The Morgan fingerprint density at radius 3 is 2.61 bits per heavy atom. The molecule has 1 aliphatic heterocycles. The van der Waals surface area contributed by atoms with Crippen LogP contribution >= 0.6 is 0 Å². The van der Waals surface area contributed by atoms with E-state index in [4.69, 9.17) is 5.11 Å². The van der Waals surface area contributed by atoms with Gasteiger partial charge in [-0.3, -0.25) is 14.5 Å². The topological polar surface area (TPSA) is 123 Å². The summed E-state index contributed by atoms with van der Waals surface area (Å²) in [4.78, 5) is 31.5. The first-order valence-electron chi connectivity index (χ1n) is 10.5. The van der Waals surface area contributed by atoms with E-state index in [9.17, 15) is 24.3 Å². The molecule has 170 valence electrons. The fourth-order valence-corrected chi connectivity index (χ4v) is 4.33. The smallest absolute Gasteiger partial charge is 0.325 e. The molecule has 0 saturated carbocycles. The first-order valence-corrected chi connectivity index (χ1v) is 10.5. The van der Waals surface area contributed by atoms with Gasteiger partial charge in [0.15, 0.2) is 0 Å². The molecule has 0 amide bonds. The third kappa shape index (κ3) is 4.49. The van der Waals surface area contributed by atoms with Crippen LogP contribution in [0.5, 0.6) is 0 Å². The minimum Gasteiger partial charge on any atom is -0.481 e. The molecule has 0 unspecified atom stereocenters. The van der Waals surface area contributed by atoms with Crippen molar-refractivity contribution >= 4 is 28.7 Å². The number of aromatic nitrogens is 2. The van der Waals surface area contributed by atoms with Crippen molar-refractivity contribution in [3.63, 3.8) is 0 Å². The van der Waals surface area contributed by atoms with Crippen LogP contribution in [0.3, 0.4) is 0 Å². The minimum atomic E-state index is -1.04. The van der Waals surface area contributed by atoms with Crippen LogP contribution in [-0.2, 0) is 16.1 Å². The fraction of sp³-hybridized carbons (Fsp3) is 0.304. The predicted molar refractivity (Wildman–Crippen MR) is 117 cm³/mol. The van der Waals surface area contributed by atoms with Crippen molar-refractivity contribution in [3.05, 3.63) is 59.7 Å². The van der Waals surface area contributed by atoms with Gasteiger partial charge in [0.25, 0.3) is 0 Å². The number of pyridine rings is 1. The molecule has 3 aromatic rings. The molecule has 1 aromatic carbocycles. The number of nitriles is 1. The number of aryl methyl sites for hydroxylation is 1. The normalized spacial score (nSPS) is 15.3. The van der Waals surface area contributed by atoms with Crippen molar-refractivity contribution < 1.29 is 24.2 Å². The Morgan fingerprint density at radius 2 is 1.94 bits per heavy atom. The largest absolute Gasteiger partial charge is 0.481 e. The van der Waals surface area contributed by atoms with E-state index >= 15 is 0 Å². The summed E-state index contributed by atoms with van der Waals surface area (Å²) in [6.07, 6.45) is 3.07. The molecule has 0 aliphatic carbocycles. The van der Waals surface area contributed by atoms with Gasteiger partial charge in [0, 0.05) is 56.1 Å². The number of halogens is 1. The van der Waals surface area contributed by atoms with Gasteiger partial charge >= 0.3 is 11.9 Å². The van der Waals surface area contributed by atoms with Crippen LogP contribution in [0, 0.1) is 17.1 Å². The second-order valence-corrected chi connectivity index (χ2v) is 7.83. The molecule has 9 nitrogen and oxygen atoms in total. The maximum absolute atomic E-state index is 13.9. The highest BCUT2D eigenvalue weighted by atomic mass is 19.1. The van der Waals surface area contributed by atoms with E-state index in [0.29, 0.717) is 54.0 Å². The van der Waals surface area contributed by atoms with Gasteiger partial charge in [0.1, 0.15) is 23.7 Å². The lowest BCUT2D eigenvalue weighted by Crippen LogP contribution is -2.49. The number of anilines is 1. The van der Waals surface area contributed by atoms with Crippen molar-refractivity contribution in [2.24, 2.45) is 0 Å². The average Bonchev–Trinajstić information content (AvgIpc) is 3.15. The van der Waals surface area contributed by atoms with Gasteiger partial charge in [-0.25, -0.2) is 9.37 Å². The highest BCUT2D eigenvalue weighted by Crippen LogP contribution is 2.32. The van der Waals surface area contributed by atoms with Crippen LogP contribution in [-0.4, -0.2) is 62.8 Å². The monoisotopic (exact) mass is 451 g/mol. The Hall–Kier alpha value is -3.97. The van der Waals surface area contributed by atoms with Gasteiger partial charge in [0.05, 0.1) is 17.5 Å². The lowest BCUT2D eigenvalue weighted by atomic mass is 10.0. The van der Waals surface area contributed by atoms with Crippen LogP contribution in [0.25, 0.3) is 10.9 Å². The summed E-state index contributed by atoms with van der Waals surface area (Å²) in [7, 11) is 0. The highest BCUT2D eigenvalue weighted by molar-refractivity contribution is 5.90. The molecular formula is C23H22FN5O4. The molecule has 1 atom stereocenters. The number of rotatable bonds is 7. The van der Waals surface area contributed by atoms with Gasteiger partial charge in [-0.2, -0.15) is 5.26 Å². The first kappa shape index (κ1) is 22.2. The molecule has 3 heterocycles.